The second-order valence-corrected chi connectivity index (χ2v) is 7.82. The van der Waals surface area contributed by atoms with Crippen molar-refractivity contribution in [2.75, 3.05) is 0 Å². The lowest BCUT2D eigenvalue weighted by Gasteiger charge is -2.33. The van der Waals surface area contributed by atoms with Gasteiger partial charge in [-0.1, -0.05) is 55.5 Å². The molecule has 21 heavy (non-hydrogen) atoms. The molecule has 0 N–H and O–H groups in total. The van der Waals surface area contributed by atoms with E-state index in [4.69, 9.17) is 4.74 Å². The number of carbonyl (C=O) groups excluding carboxylic acids is 1. The smallest absolute Gasteiger partial charge is 0.338 e. The molecule has 2 nitrogen and oxygen atoms in total. The molecule has 1 saturated carbocycles. The molecule has 1 aliphatic carbocycles. The first-order valence-corrected chi connectivity index (χ1v) is 9.20. The Balaban J connectivity index is 2.09. The number of rotatable bonds is 5. The highest BCUT2D eigenvalue weighted by Gasteiger charge is 2.40. The highest BCUT2D eigenvalue weighted by Crippen LogP contribution is 2.40. The van der Waals surface area contributed by atoms with Gasteiger partial charge in [-0.15, -0.1) is 0 Å². The summed E-state index contributed by atoms with van der Waals surface area (Å²) in [5.74, 6) is 0.209. The maximum atomic E-state index is 12.4. The van der Waals surface area contributed by atoms with Crippen LogP contribution in [0.15, 0.2) is 24.3 Å². The summed E-state index contributed by atoms with van der Waals surface area (Å²) < 4.78 is 6.44. The molecule has 0 amide bonds. The third kappa shape index (κ3) is 3.79. The van der Waals surface area contributed by atoms with Crippen LogP contribution in [0.1, 0.15) is 72.7 Å². The summed E-state index contributed by atoms with van der Waals surface area (Å²) in [6, 6.07) is 7.91. The highest BCUT2D eigenvalue weighted by molar-refractivity contribution is 14.1. The molecule has 1 aromatic carbocycles. The SMILES string of the molecule is CCC(I)c1ccc(C(=O)OC2(C(C)C)CCCC2)cc1. The van der Waals surface area contributed by atoms with Gasteiger partial charge in [0.2, 0.25) is 0 Å². The number of esters is 1. The highest BCUT2D eigenvalue weighted by atomic mass is 127. The minimum Gasteiger partial charge on any atom is -0.455 e. The van der Waals surface area contributed by atoms with Crippen LogP contribution < -0.4 is 0 Å². The van der Waals surface area contributed by atoms with Crippen LogP contribution in [0.25, 0.3) is 0 Å². The summed E-state index contributed by atoms with van der Waals surface area (Å²) in [5.41, 5.74) is 1.70. The summed E-state index contributed by atoms with van der Waals surface area (Å²) in [6.07, 6.45) is 5.43. The van der Waals surface area contributed by atoms with Crippen LogP contribution in [-0.4, -0.2) is 11.6 Å². The zero-order valence-corrected chi connectivity index (χ0v) is 15.4. The summed E-state index contributed by atoms with van der Waals surface area (Å²) in [4.78, 5) is 12.4. The van der Waals surface area contributed by atoms with Crippen LogP contribution in [0.2, 0.25) is 0 Å². The Kier molecular flexibility index (Phi) is 5.69. The Morgan fingerprint density at radius 1 is 1.24 bits per heavy atom. The van der Waals surface area contributed by atoms with Gasteiger partial charge in [0.15, 0.2) is 0 Å². The molecule has 3 heteroatoms. The molecule has 1 fully saturated rings. The van der Waals surface area contributed by atoms with E-state index in [2.05, 4.69) is 43.4 Å². The van der Waals surface area contributed by atoms with Crippen LogP contribution in [0.4, 0.5) is 0 Å². The Morgan fingerprint density at radius 2 is 1.81 bits per heavy atom. The number of ether oxygens (including phenoxy) is 1. The zero-order chi connectivity index (χ0) is 15.5. The van der Waals surface area contributed by atoms with E-state index in [0.717, 1.165) is 32.1 Å². The molecular weight excluding hydrogens is 375 g/mol. The Morgan fingerprint density at radius 3 is 2.29 bits per heavy atom. The minimum atomic E-state index is -0.245. The van der Waals surface area contributed by atoms with Gasteiger partial charge in [0.05, 0.1) is 5.56 Å². The monoisotopic (exact) mass is 400 g/mol. The molecule has 1 aliphatic rings. The molecule has 0 heterocycles. The van der Waals surface area contributed by atoms with Gasteiger partial charge in [-0.05, 0) is 55.7 Å². The summed E-state index contributed by atoms with van der Waals surface area (Å²) in [5, 5.41) is 0. The van der Waals surface area contributed by atoms with Crippen molar-refractivity contribution in [3.63, 3.8) is 0 Å². The van der Waals surface area contributed by atoms with Gasteiger partial charge >= 0.3 is 5.97 Å². The minimum absolute atomic E-state index is 0.168. The van der Waals surface area contributed by atoms with E-state index < -0.39 is 0 Å². The number of benzene rings is 1. The van der Waals surface area contributed by atoms with Crippen LogP contribution in [0.3, 0.4) is 0 Å². The molecule has 0 bridgehead atoms. The van der Waals surface area contributed by atoms with Gasteiger partial charge in [0, 0.05) is 3.92 Å². The molecule has 1 aromatic rings. The van der Waals surface area contributed by atoms with Gasteiger partial charge in [-0.2, -0.15) is 0 Å². The summed E-state index contributed by atoms with van der Waals surface area (Å²) >= 11 is 2.44. The van der Waals surface area contributed by atoms with Crippen molar-refractivity contribution in [2.45, 2.75) is 62.4 Å². The van der Waals surface area contributed by atoms with E-state index in [-0.39, 0.29) is 11.6 Å². The van der Waals surface area contributed by atoms with Gasteiger partial charge in [-0.25, -0.2) is 4.79 Å². The third-order valence-electron chi connectivity index (χ3n) is 4.66. The Labute approximate surface area is 141 Å². The van der Waals surface area contributed by atoms with Crippen molar-refractivity contribution in [1.82, 2.24) is 0 Å². The average Bonchev–Trinajstić information content (AvgIpc) is 2.96. The lowest BCUT2D eigenvalue weighted by Crippen LogP contribution is -2.37. The Hall–Kier alpha value is -0.580. The number of hydrogen-bond acceptors (Lipinski definition) is 2. The first kappa shape index (κ1) is 16.8. The zero-order valence-electron chi connectivity index (χ0n) is 13.2. The van der Waals surface area contributed by atoms with E-state index in [1.807, 2.05) is 24.3 Å². The molecule has 2 rings (SSSR count). The summed E-state index contributed by atoms with van der Waals surface area (Å²) in [6.45, 7) is 6.49. The first-order valence-electron chi connectivity index (χ1n) is 7.96. The summed E-state index contributed by atoms with van der Waals surface area (Å²) in [7, 11) is 0. The number of alkyl halides is 1. The molecule has 0 radical (unpaired) electrons. The second-order valence-electron chi connectivity index (χ2n) is 6.31. The molecule has 0 aromatic heterocycles. The van der Waals surface area contributed by atoms with Crippen molar-refractivity contribution in [2.24, 2.45) is 5.92 Å². The fourth-order valence-corrected chi connectivity index (χ4v) is 3.49. The Bertz CT molecular complexity index is 472. The van der Waals surface area contributed by atoms with Crippen LogP contribution in [0, 0.1) is 5.92 Å². The molecule has 0 aliphatic heterocycles. The van der Waals surface area contributed by atoms with Crippen molar-refractivity contribution in [1.29, 1.82) is 0 Å². The van der Waals surface area contributed by atoms with E-state index in [9.17, 15) is 4.79 Å². The van der Waals surface area contributed by atoms with Crippen LogP contribution >= 0.6 is 22.6 Å². The van der Waals surface area contributed by atoms with Crippen LogP contribution in [-0.2, 0) is 4.74 Å². The maximum Gasteiger partial charge on any atom is 0.338 e. The normalized spacial score (nSPS) is 18.7. The van der Waals surface area contributed by atoms with E-state index in [1.54, 1.807) is 0 Å². The molecule has 1 unspecified atom stereocenters. The molecule has 0 saturated heterocycles. The van der Waals surface area contributed by atoms with E-state index in [0.29, 0.717) is 15.4 Å². The molecule has 116 valence electrons. The maximum absolute atomic E-state index is 12.4. The fourth-order valence-electron chi connectivity index (χ4n) is 3.08. The average molecular weight is 400 g/mol. The predicted molar refractivity (Wildman–Crippen MR) is 94.9 cm³/mol. The predicted octanol–water partition coefficient (Wildman–Crippen LogP) is 5.70. The topological polar surface area (TPSA) is 26.3 Å². The molecule has 0 spiro atoms. The molecular formula is C18H25IO2. The second kappa shape index (κ2) is 7.12. The lowest BCUT2D eigenvalue weighted by molar-refractivity contribution is -0.0397. The number of hydrogen-bond donors (Lipinski definition) is 0. The molecule has 1 atom stereocenters. The van der Waals surface area contributed by atoms with Crippen molar-refractivity contribution < 1.29 is 9.53 Å². The van der Waals surface area contributed by atoms with Gasteiger partial charge in [0.25, 0.3) is 0 Å². The third-order valence-corrected chi connectivity index (χ3v) is 6.26. The van der Waals surface area contributed by atoms with E-state index >= 15 is 0 Å². The fraction of sp³-hybridized carbons (Fsp3) is 0.611. The number of carbonyl (C=O) groups is 1. The van der Waals surface area contributed by atoms with Gasteiger partial charge in [0.1, 0.15) is 5.60 Å². The largest absolute Gasteiger partial charge is 0.455 e. The lowest BCUT2D eigenvalue weighted by atomic mass is 9.88. The first-order chi connectivity index (χ1) is 9.98. The van der Waals surface area contributed by atoms with E-state index in [1.165, 1.54) is 5.56 Å². The van der Waals surface area contributed by atoms with Crippen molar-refractivity contribution in [3.05, 3.63) is 35.4 Å². The number of halogens is 1. The van der Waals surface area contributed by atoms with Crippen molar-refractivity contribution >= 4 is 28.6 Å². The van der Waals surface area contributed by atoms with Gasteiger partial charge in [-0.3, -0.25) is 0 Å². The van der Waals surface area contributed by atoms with Crippen LogP contribution in [0.5, 0.6) is 0 Å². The standard InChI is InChI=1S/C18H25IO2/c1-4-16(19)14-7-9-15(10-8-14)17(20)21-18(13(2)3)11-5-6-12-18/h7-10,13,16H,4-6,11-12H2,1-3H3. The van der Waals surface area contributed by atoms with Gasteiger partial charge < -0.3 is 4.74 Å². The van der Waals surface area contributed by atoms with Crippen molar-refractivity contribution in [3.8, 4) is 0 Å². The quantitative estimate of drug-likeness (QED) is 0.360.